The van der Waals surface area contributed by atoms with Gasteiger partial charge in [0.1, 0.15) is 0 Å². The Balaban J connectivity index is 1.33. The summed E-state index contributed by atoms with van der Waals surface area (Å²) in [4.78, 5) is 25.2. The van der Waals surface area contributed by atoms with Crippen LogP contribution in [0.4, 0.5) is 11.4 Å². The monoisotopic (exact) mass is 427 g/mol. The smallest absolute Gasteiger partial charge is 0.261 e. The number of aromatic nitrogens is 3. The van der Waals surface area contributed by atoms with Crippen LogP contribution in [0.2, 0.25) is 0 Å². The van der Waals surface area contributed by atoms with Crippen LogP contribution in [0.5, 0.6) is 0 Å². The third-order valence-electron chi connectivity index (χ3n) is 5.09. The SMILES string of the molecule is Cc1cc2cc(Nc3ccnc4cc(C(=O)NCCc5cccnc5)sc34)ccc2[nH]1. The first kappa shape index (κ1) is 19.3. The highest BCUT2D eigenvalue weighted by Crippen LogP contribution is 2.33. The van der Waals surface area contributed by atoms with Gasteiger partial charge in [-0.05, 0) is 61.4 Å². The molecule has 0 aliphatic rings. The summed E-state index contributed by atoms with van der Waals surface area (Å²) in [7, 11) is 0. The Hall–Kier alpha value is -3.71. The molecule has 0 atom stereocenters. The summed E-state index contributed by atoms with van der Waals surface area (Å²) in [5, 5.41) is 7.64. The third-order valence-corrected chi connectivity index (χ3v) is 6.25. The predicted molar refractivity (Wildman–Crippen MR) is 126 cm³/mol. The number of pyridine rings is 2. The number of anilines is 2. The molecule has 5 aromatic rings. The van der Waals surface area contributed by atoms with Crippen LogP contribution in [-0.4, -0.2) is 27.4 Å². The van der Waals surface area contributed by atoms with Crippen molar-refractivity contribution >= 4 is 49.7 Å². The van der Waals surface area contributed by atoms with Gasteiger partial charge >= 0.3 is 0 Å². The van der Waals surface area contributed by atoms with Crippen molar-refractivity contribution in [1.82, 2.24) is 20.3 Å². The molecule has 3 N–H and O–H groups in total. The second-order valence-corrected chi connectivity index (χ2v) is 8.48. The number of aryl methyl sites for hydroxylation is 1. The summed E-state index contributed by atoms with van der Waals surface area (Å²) in [5.74, 6) is -0.0814. The average molecular weight is 428 g/mol. The number of fused-ring (bicyclic) bond motifs is 2. The van der Waals surface area contributed by atoms with Gasteiger partial charge in [-0.3, -0.25) is 14.8 Å². The Morgan fingerprint density at radius 2 is 2.06 bits per heavy atom. The Labute approximate surface area is 183 Å². The van der Waals surface area contributed by atoms with E-state index in [1.807, 2.05) is 36.5 Å². The van der Waals surface area contributed by atoms with E-state index in [4.69, 9.17) is 0 Å². The van der Waals surface area contributed by atoms with E-state index in [1.54, 1.807) is 12.4 Å². The molecule has 0 fully saturated rings. The first-order valence-electron chi connectivity index (χ1n) is 10.1. The maximum atomic E-state index is 12.7. The highest BCUT2D eigenvalue weighted by Gasteiger charge is 2.13. The molecule has 6 nitrogen and oxygen atoms in total. The number of benzene rings is 1. The minimum absolute atomic E-state index is 0.0814. The number of carbonyl (C=O) groups excluding carboxylic acids is 1. The Bertz CT molecular complexity index is 1370. The highest BCUT2D eigenvalue weighted by molar-refractivity contribution is 7.21. The quantitative estimate of drug-likeness (QED) is 0.348. The number of hydrogen-bond donors (Lipinski definition) is 3. The molecule has 1 aromatic carbocycles. The van der Waals surface area contributed by atoms with Crippen molar-refractivity contribution in [2.45, 2.75) is 13.3 Å². The number of amides is 1. The van der Waals surface area contributed by atoms with Crippen LogP contribution in [0, 0.1) is 6.92 Å². The lowest BCUT2D eigenvalue weighted by Gasteiger charge is -2.07. The molecule has 0 radical (unpaired) electrons. The van der Waals surface area contributed by atoms with E-state index in [0.29, 0.717) is 11.4 Å². The normalized spacial score (nSPS) is 11.1. The van der Waals surface area contributed by atoms with E-state index in [9.17, 15) is 4.79 Å². The largest absolute Gasteiger partial charge is 0.359 e. The lowest BCUT2D eigenvalue weighted by atomic mass is 10.2. The van der Waals surface area contributed by atoms with Crippen molar-refractivity contribution in [2.75, 3.05) is 11.9 Å². The minimum Gasteiger partial charge on any atom is -0.359 e. The number of H-pyrrole nitrogens is 1. The van der Waals surface area contributed by atoms with Gasteiger partial charge in [-0.2, -0.15) is 0 Å². The molecule has 31 heavy (non-hydrogen) atoms. The predicted octanol–water partition coefficient (Wildman–Crippen LogP) is 5.20. The molecule has 5 rings (SSSR count). The highest BCUT2D eigenvalue weighted by atomic mass is 32.1. The number of nitrogens with zero attached hydrogens (tertiary/aromatic N) is 2. The van der Waals surface area contributed by atoms with Crippen molar-refractivity contribution in [2.24, 2.45) is 0 Å². The standard InChI is InChI=1S/C24H21N5OS/c1-15-11-17-12-18(4-5-19(17)28-15)29-20-7-10-26-21-13-22(31-23(20)21)24(30)27-9-6-16-3-2-8-25-14-16/h2-5,7-8,10-14,28H,6,9H2,1H3,(H,26,29)(H,27,30). The van der Waals surface area contributed by atoms with E-state index < -0.39 is 0 Å². The molecule has 7 heteroatoms. The van der Waals surface area contributed by atoms with Crippen LogP contribution in [0.1, 0.15) is 20.9 Å². The number of thiophene rings is 1. The molecule has 0 saturated carbocycles. The average Bonchev–Trinajstić information content (AvgIpc) is 3.37. The summed E-state index contributed by atoms with van der Waals surface area (Å²) < 4.78 is 0.963. The number of rotatable bonds is 6. The molecule has 0 aliphatic heterocycles. The molecule has 4 heterocycles. The lowest BCUT2D eigenvalue weighted by molar-refractivity contribution is 0.0958. The summed E-state index contributed by atoms with van der Waals surface area (Å²) in [6, 6.07) is 16.1. The number of nitrogens with one attached hydrogen (secondary N) is 3. The topological polar surface area (TPSA) is 82.7 Å². The van der Waals surface area contributed by atoms with Crippen molar-refractivity contribution < 1.29 is 4.79 Å². The zero-order chi connectivity index (χ0) is 21.2. The summed E-state index contributed by atoms with van der Waals surface area (Å²) in [5.41, 5.74) is 6.10. The fourth-order valence-corrected chi connectivity index (χ4v) is 4.61. The molecular formula is C24H21N5OS. The maximum absolute atomic E-state index is 12.7. The first-order chi connectivity index (χ1) is 15.2. The van der Waals surface area contributed by atoms with Crippen LogP contribution in [0.15, 0.2) is 67.1 Å². The molecule has 154 valence electrons. The molecule has 0 bridgehead atoms. The zero-order valence-electron chi connectivity index (χ0n) is 17.0. The number of carbonyl (C=O) groups is 1. The summed E-state index contributed by atoms with van der Waals surface area (Å²) in [6.45, 7) is 2.61. The third kappa shape index (κ3) is 4.13. The van der Waals surface area contributed by atoms with Crippen LogP contribution in [-0.2, 0) is 6.42 Å². The van der Waals surface area contributed by atoms with Crippen molar-refractivity contribution in [3.8, 4) is 0 Å². The van der Waals surface area contributed by atoms with E-state index in [2.05, 4.69) is 50.7 Å². The van der Waals surface area contributed by atoms with Gasteiger partial charge in [0.2, 0.25) is 0 Å². The lowest BCUT2D eigenvalue weighted by Crippen LogP contribution is -2.24. The Morgan fingerprint density at radius 1 is 1.13 bits per heavy atom. The number of hydrogen-bond acceptors (Lipinski definition) is 5. The second kappa shape index (κ2) is 8.20. The Morgan fingerprint density at radius 3 is 2.94 bits per heavy atom. The van der Waals surface area contributed by atoms with Gasteiger partial charge in [0.25, 0.3) is 5.91 Å². The molecule has 4 aromatic heterocycles. The van der Waals surface area contributed by atoms with E-state index >= 15 is 0 Å². The molecule has 0 saturated heterocycles. The summed E-state index contributed by atoms with van der Waals surface area (Å²) in [6.07, 6.45) is 6.08. The van der Waals surface area contributed by atoms with Crippen LogP contribution in [0.25, 0.3) is 21.1 Å². The summed E-state index contributed by atoms with van der Waals surface area (Å²) >= 11 is 1.45. The minimum atomic E-state index is -0.0814. The van der Waals surface area contributed by atoms with E-state index in [0.717, 1.165) is 50.2 Å². The first-order valence-corrected chi connectivity index (χ1v) is 10.9. The number of aromatic amines is 1. The zero-order valence-corrected chi connectivity index (χ0v) is 17.8. The van der Waals surface area contributed by atoms with Gasteiger partial charge in [0.15, 0.2) is 0 Å². The molecule has 1 amide bonds. The van der Waals surface area contributed by atoms with Crippen molar-refractivity contribution in [3.63, 3.8) is 0 Å². The van der Waals surface area contributed by atoms with Crippen LogP contribution < -0.4 is 10.6 Å². The molecule has 0 aliphatic carbocycles. The molecule has 0 unspecified atom stereocenters. The Kier molecular flexibility index (Phi) is 5.09. The van der Waals surface area contributed by atoms with Gasteiger partial charge in [-0.1, -0.05) is 6.07 Å². The van der Waals surface area contributed by atoms with Crippen LogP contribution >= 0.6 is 11.3 Å². The van der Waals surface area contributed by atoms with Crippen molar-refractivity contribution in [1.29, 1.82) is 0 Å². The van der Waals surface area contributed by atoms with Gasteiger partial charge in [-0.15, -0.1) is 11.3 Å². The maximum Gasteiger partial charge on any atom is 0.261 e. The van der Waals surface area contributed by atoms with Crippen LogP contribution in [0.3, 0.4) is 0 Å². The second-order valence-electron chi connectivity index (χ2n) is 7.43. The van der Waals surface area contributed by atoms with E-state index in [-0.39, 0.29) is 5.91 Å². The van der Waals surface area contributed by atoms with Gasteiger partial charge in [0.05, 0.1) is 20.8 Å². The fourth-order valence-electron chi connectivity index (χ4n) is 3.61. The molecule has 0 spiro atoms. The van der Waals surface area contributed by atoms with Gasteiger partial charge in [-0.25, -0.2) is 0 Å². The van der Waals surface area contributed by atoms with Gasteiger partial charge in [0, 0.05) is 47.4 Å². The fraction of sp³-hybridized carbons (Fsp3) is 0.125. The van der Waals surface area contributed by atoms with Crippen molar-refractivity contribution in [3.05, 3.63) is 83.3 Å². The van der Waals surface area contributed by atoms with E-state index in [1.165, 1.54) is 11.3 Å². The van der Waals surface area contributed by atoms with Gasteiger partial charge < -0.3 is 15.6 Å². The molecular weight excluding hydrogens is 406 g/mol.